The summed E-state index contributed by atoms with van der Waals surface area (Å²) >= 11 is 0. The summed E-state index contributed by atoms with van der Waals surface area (Å²) in [4.78, 5) is 23.1. The van der Waals surface area contributed by atoms with E-state index in [9.17, 15) is 9.59 Å². The number of allylic oxidation sites excluding steroid dienone is 2. The molecule has 0 spiro atoms. The van der Waals surface area contributed by atoms with Crippen molar-refractivity contribution in [3.63, 3.8) is 0 Å². The average molecular weight is 286 g/mol. The first-order valence-corrected chi connectivity index (χ1v) is 7.38. The highest BCUT2D eigenvalue weighted by atomic mass is 16.2. The standard InChI is InChI=1S/C17H22N2O2/c1-12(18-17(21)10-14-6-3-4-7-14)15-8-5-9-16(11-15)19-13(2)20/h3,5-6,8-9,11-12,14H,4,7,10H2,1-2H3,(H,18,21)(H,19,20)/t12-,14-/m1/s1. The highest BCUT2D eigenvalue weighted by molar-refractivity contribution is 5.88. The van der Waals surface area contributed by atoms with Crippen LogP contribution >= 0.6 is 0 Å². The summed E-state index contributed by atoms with van der Waals surface area (Å²) in [5, 5.41) is 5.77. The van der Waals surface area contributed by atoms with Crippen molar-refractivity contribution in [3.05, 3.63) is 42.0 Å². The van der Waals surface area contributed by atoms with Crippen molar-refractivity contribution in [2.75, 3.05) is 5.32 Å². The third-order valence-electron chi connectivity index (χ3n) is 3.64. The molecule has 4 nitrogen and oxygen atoms in total. The molecule has 21 heavy (non-hydrogen) atoms. The van der Waals surface area contributed by atoms with E-state index >= 15 is 0 Å². The number of amides is 2. The van der Waals surface area contributed by atoms with E-state index in [-0.39, 0.29) is 17.9 Å². The molecule has 0 radical (unpaired) electrons. The minimum absolute atomic E-state index is 0.0726. The van der Waals surface area contributed by atoms with Crippen LogP contribution in [0.2, 0.25) is 0 Å². The van der Waals surface area contributed by atoms with Crippen molar-refractivity contribution in [1.82, 2.24) is 5.32 Å². The van der Waals surface area contributed by atoms with Crippen LogP contribution in [-0.4, -0.2) is 11.8 Å². The molecule has 2 rings (SSSR count). The zero-order chi connectivity index (χ0) is 15.2. The smallest absolute Gasteiger partial charge is 0.221 e. The van der Waals surface area contributed by atoms with Gasteiger partial charge >= 0.3 is 0 Å². The molecule has 1 aromatic rings. The van der Waals surface area contributed by atoms with Crippen LogP contribution in [0.5, 0.6) is 0 Å². The van der Waals surface area contributed by atoms with Crippen LogP contribution in [0.4, 0.5) is 5.69 Å². The first-order valence-electron chi connectivity index (χ1n) is 7.38. The van der Waals surface area contributed by atoms with Crippen LogP contribution < -0.4 is 10.6 Å². The maximum atomic E-state index is 12.0. The normalized spacial score (nSPS) is 18.3. The van der Waals surface area contributed by atoms with Crippen molar-refractivity contribution < 1.29 is 9.59 Å². The molecule has 0 saturated carbocycles. The molecule has 1 aliphatic carbocycles. The summed E-state index contributed by atoms with van der Waals surface area (Å²) in [5.41, 5.74) is 1.73. The van der Waals surface area contributed by atoms with Gasteiger partial charge in [-0.2, -0.15) is 0 Å². The van der Waals surface area contributed by atoms with Crippen molar-refractivity contribution in [2.24, 2.45) is 5.92 Å². The van der Waals surface area contributed by atoms with E-state index in [1.165, 1.54) is 6.92 Å². The Kier molecular flexibility index (Phi) is 5.14. The molecule has 0 fully saturated rings. The van der Waals surface area contributed by atoms with Crippen LogP contribution in [0.1, 0.15) is 44.7 Å². The van der Waals surface area contributed by atoms with Crippen molar-refractivity contribution in [2.45, 2.75) is 39.2 Å². The summed E-state index contributed by atoms with van der Waals surface area (Å²) in [5.74, 6) is 0.351. The van der Waals surface area contributed by atoms with Crippen LogP contribution in [0.15, 0.2) is 36.4 Å². The Labute approximate surface area is 125 Å². The number of hydrogen-bond acceptors (Lipinski definition) is 2. The summed E-state index contributed by atoms with van der Waals surface area (Å²) in [7, 11) is 0. The van der Waals surface area contributed by atoms with Gasteiger partial charge in [0.1, 0.15) is 0 Å². The number of anilines is 1. The molecule has 2 atom stereocenters. The first kappa shape index (κ1) is 15.3. The van der Waals surface area contributed by atoms with Gasteiger partial charge in [-0.3, -0.25) is 9.59 Å². The van der Waals surface area contributed by atoms with Crippen LogP contribution in [-0.2, 0) is 9.59 Å². The average Bonchev–Trinajstić information content (AvgIpc) is 2.90. The summed E-state index contributed by atoms with van der Waals surface area (Å²) < 4.78 is 0. The zero-order valence-corrected chi connectivity index (χ0v) is 12.6. The fourth-order valence-electron chi connectivity index (χ4n) is 2.58. The quantitative estimate of drug-likeness (QED) is 0.817. The Morgan fingerprint density at radius 2 is 2.19 bits per heavy atom. The minimum atomic E-state index is -0.100. The van der Waals surface area contributed by atoms with Crippen LogP contribution in [0.25, 0.3) is 0 Å². The summed E-state index contributed by atoms with van der Waals surface area (Å²) in [6, 6.07) is 7.48. The van der Waals surface area contributed by atoms with Gasteiger partial charge in [0.15, 0.2) is 0 Å². The van der Waals surface area contributed by atoms with E-state index in [1.54, 1.807) is 0 Å². The second-order valence-corrected chi connectivity index (χ2v) is 5.57. The van der Waals surface area contributed by atoms with E-state index in [0.717, 1.165) is 24.1 Å². The number of benzene rings is 1. The molecular formula is C17H22N2O2. The lowest BCUT2D eigenvalue weighted by atomic mass is 10.0. The molecule has 1 aliphatic rings. The number of rotatable bonds is 5. The molecule has 0 saturated heterocycles. The fourth-order valence-corrected chi connectivity index (χ4v) is 2.58. The van der Waals surface area contributed by atoms with Gasteiger partial charge in [0.2, 0.25) is 11.8 Å². The molecule has 112 valence electrons. The largest absolute Gasteiger partial charge is 0.350 e. The summed E-state index contributed by atoms with van der Waals surface area (Å²) in [6.07, 6.45) is 6.96. The molecule has 2 amide bonds. The van der Waals surface area contributed by atoms with Crippen LogP contribution in [0.3, 0.4) is 0 Å². The minimum Gasteiger partial charge on any atom is -0.350 e. The second-order valence-electron chi connectivity index (χ2n) is 5.57. The van der Waals surface area contributed by atoms with E-state index in [0.29, 0.717) is 12.3 Å². The second kappa shape index (κ2) is 7.07. The van der Waals surface area contributed by atoms with Gasteiger partial charge < -0.3 is 10.6 Å². The molecular weight excluding hydrogens is 264 g/mol. The van der Waals surface area contributed by atoms with Gasteiger partial charge in [-0.25, -0.2) is 0 Å². The maximum Gasteiger partial charge on any atom is 0.221 e. The molecule has 2 N–H and O–H groups in total. The topological polar surface area (TPSA) is 58.2 Å². The molecule has 0 unspecified atom stereocenters. The molecule has 0 heterocycles. The van der Waals surface area contributed by atoms with Gasteiger partial charge in [-0.1, -0.05) is 24.3 Å². The van der Waals surface area contributed by atoms with Gasteiger partial charge in [-0.15, -0.1) is 0 Å². The monoisotopic (exact) mass is 286 g/mol. The highest BCUT2D eigenvalue weighted by Gasteiger charge is 2.16. The molecule has 1 aromatic carbocycles. The van der Waals surface area contributed by atoms with Crippen molar-refractivity contribution in [1.29, 1.82) is 0 Å². The number of hydrogen-bond donors (Lipinski definition) is 2. The third-order valence-corrected chi connectivity index (χ3v) is 3.64. The van der Waals surface area contributed by atoms with Gasteiger partial charge in [-0.05, 0) is 43.4 Å². The number of carbonyl (C=O) groups excluding carboxylic acids is 2. The third kappa shape index (κ3) is 4.74. The van der Waals surface area contributed by atoms with Gasteiger partial charge in [0.25, 0.3) is 0 Å². The molecule has 0 bridgehead atoms. The Morgan fingerprint density at radius 3 is 2.86 bits per heavy atom. The summed E-state index contributed by atoms with van der Waals surface area (Å²) in [6.45, 7) is 3.43. The Hall–Kier alpha value is -2.10. The maximum absolute atomic E-state index is 12.0. The van der Waals surface area contributed by atoms with E-state index in [2.05, 4.69) is 22.8 Å². The fraction of sp³-hybridized carbons (Fsp3) is 0.412. The Bertz CT molecular complexity index is 551. The van der Waals surface area contributed by atoms with Crippen LogP contribution in [0, 0.1) is 5.92 Å². The Morgan fingerprint density at radius 1 is 1.38 bits per heavy atom. The van der Waals surface area contributed by atoms with E-state index in [4.69, 9.17) is 0 Å². The zero-order valence-electron chi connectivity index (χ0n) is 12.6. The van der Waals surface area contributed by atoms with E-state index in [1.807, 2.05) is 31.2 Å². The first-order chi connectivity index (χ1) is 10.0. The SMILES string of the molecule is CC(=O)Nc1cccc([C@@H](C)NC(=O)C[C@@H]2C=CCC2)c1. The predicted octanol–water partition coefficient (Wildman–Crippen LogP) is 3.18. The molecule has 0 aromatic heterocycles. The van der Waals surface area contributed by atoms with Gasteiger partial charge in [0, 0.05) is 19.0 Å². The van der Waals surface area contributed by atoms with Gasteiger partial charge in [0.05, 0.1) is 6.04 Å². The highest BCUT2D eigenvalue weighted by Crippen LogP contribution is 2.21. The lowest BCUT2D eigenvalue weighted by molar-refractivity contribution is -0.122. The van der Waals surface area contributed by atoms with E-state index < -0.39 is 0 Å². The molecule has 4 heteroatoms. The van der Waals surface area contributed by atoms with Crippen molar-refractivity contribution >= 4 is 17.5 Å². The predicted molar refractivity (Wildman–Crippen MR) is 83.8 cm³/mol. The lowest BCUT2D eigenvalue weighted by Crippen LogP contribution is -2.27. The molecule has 0 aliphatic heterocycles. The van der Waals surface area contributed by atoms with Crippen molar-refractivity contribution in [3.8, 4) is 0 Å². The Balaban J connectivity index is 1.92. The number of carbonyl (C=O) groups is 2. The number of nitrogens with one attached hydrogen (secondary N) is 2. The lowest BCUT2D eigenvalue weighted by Gasteiger charge is -2.16.